The van der Waals surface area contributed by atoms with Crippen molar-refractivity contribution in [2.45, 2.75) is 19.9 Å². The smallest absolute Gasteiger partial charge is 0.326 e. The minimum atomic E-state index is -0.881. The van der Waals surface area contributed by atoms with Gasteiger partial charge in [-0.15, -0.1) is 0 Å². The lowest BCUT2D eigenvalue weighted by Crippen LogP contribution is -2.39. The molecule has 0 heterocycles. The van der Waals surface area contributed by atoms with E-state index in [4.69, 9.17) is 21.4 Å². The molecular formula is C12H16ClNO3. The van der Waals surface area contributed by atoms with Crippen LogP contribution in [0.2, 0.25) is 5.02 Å². The van der Waals surface area contributed by atoms with Gasteiger partial charge in [-0.1, -0.05) is 11.6 Å². The summed E-state index contributed by atoms with van der Waals surface area (Å²) in [7, 11) is 1.55. The Balaban J connectivity index is 3.18. The molecule has 0 bridgehead atoms. The normalized spacial score (nSPS) is 12.0. The molecule has 0 amide bonds. The highest BCUT2D eigenvalue weighted by atomic mass is 35.5. The van der Waals surface area contributed by atoms with Crippen molar-refractivity contribution in [1.29, 1.82) is 0 Å². The van der Waals surface area contributed by atoms with Gasteiger partial charge in [-0.2, -0.15) is 0 Å². The van der Waals surface area contributed by atoms with Crippen LogP contribution in [-0.4, -0.2) is 30.8 Å². The van der Waals surface area contributed by atoms with Gasteiger partial charge in [0.2, 0.25) is 0 Å². The second-order valence-electron chi connectivity index (χ2n) is 3.62. The zero-order valence-corrected chi connectivity index (χ0v) is 10.9. The van der Waals surface area contributed by atoms with Crippen LogP contribution >= 0.6 is 11.6 Å². The van der Waals surface area contributed by atoms with Crippen LogP contribution in [0.15, 0.2) is 18.2 Å². The van der Waals surface area contributed by atoms with Crippen LogP contribution in [-0.2, 0) is 4.79 Å². The molecule has 1 N–H and O–H groups in total. The molecule has 1 aromatic rings. The third kappa shape index (κ3) is 3.03. The van der Waals surface area contributed by atoms with Crippen molar-refractivity contribution in [3.63, 3.8) is 0 Å². The van der Waals surface area contributed by atoms with Crippen LogP contribution in [0.4, 0.5) is 5.69 Å². The van der Waals surface area contributed by atoms with Gasteiger partial charge >= 0.3 is 5.97 Å². The molecule has 0 aromatic heterocycles. The fraction of sp³-hybridized carbons (Fsp3) is 0.417. The van der Waals surface area contributed by atoms with Crippen molar-refractivity contribution in [1.82, 2.24) is 0 Å². The topological polar surface area (TPSA) is 49.8 Å². The second-order valence-corrected chi connectivity index (χ2v) is 4.05. The first-order valence-electron chi connectivity index (χ1n) is 5.34. The van der Waals surface area contributed by atoms with Gasteiger partial charge in [-0.05, 0) is 32.0 Å². The Kier molecular flexibility index (Phi) is 4.63. The number of halogens is 1. The highest BCUT2D eigenvalue weighted by Crippen LogP contribution is 2.32. The van der Waals surface area contributed by atoms with Crippen molar-refractivity contribution in [2.24, 2.45) is 0 Å². The van der Waals surface area contributed by atoms with E-state index in [0.29, 0.717) is 23.0 Å². The lowest BCUT2D eigenvalue weighted by molar-refractivity contribution is -0.138. The number of hydrogen-bond acceptors (Lipinski definition) is 3. The maximum Gasteiger partial charge on any atom is 0.326 e. The number of nitrogens with zero attached hydrogens (tertiary/aromatic N) is 1. The molecule has 17 heavy (non-hydrogen) atoms. The van der Waals surface area contributed by atoms with Gasteiger partial charge in [0.15, 0.2) is 0 Å². The molecule has 0 aliphatic heterocycles. The largest absolute Gasteiger partial charge is 0.495 e. The van der Waals surface area contributed by atoms with E-state index < -0.39 is 12.0 Å². The van der Waals surface area contributed by atoms with E-state index in [2.05, 4.69) is 0 Å². The van der Waals surface area contributed by atoms with Gasteiger partial charge in [0.1, 0.15) is 11.8 Å². The highest BCUT2D eigenvalue weighted by molar-refractivity contribution is 6.31. The van der Waals surface area contributed by atoms with E-state index in [9.17, 15) is 4.79 Å². The summed E-state index contributed by atoms with van der Waals surface area (Å²) in [6.07, 6.45) is 0. The van der Waals surface area contributed by atoms with Gasteiger partial charge in [0.05, 0.1) is 12.8 Å². The fourth-order valence-corrected chi connectivity index (χ4v) is 1.84. The van der Waals surface area contributed by atoms with E-state index in [1.807, 2.05) is 6.92 Å². The number of hydrogen-bond donors (Lipinski definition) is 1. The molecule has 94 valence electrons. The quantitative estimate of drug-likeness (QED) is 0.881. The summed E-state index contributed by atoms with van der Waals surface area (Å²) in [6.45, 7) is 4.08. The van der Waals surface area contributed by atoms with E-state index >= 15 is 0 Å². The summed E-state index contributed by atoms with van der Waals surface area (Å²) in [4.78, 5) is 12.8. The lowest BCUT2D eigenvalue weighted by Gasteiger charge is -2.28. The molecule has 0 radical (unpaired) electrons. The van der Waals surface area contributed by atoms with Crippen LogP contribution in [0, 0.1) is 0 Å². The van der Waals surface area contributed by atoms with Gasteiger partial charge < -0.3 is 14.7 Å². The van der Waals surface area contributed by atoms with Crippen molar-refractivity contribution in [3.8, 4) is 5.75 Å². The first kappa shape index (κ1) is 13.6. The predicted molar refractivity (Wildman–Crippen MR) is 68.1 cm³/mol. The average Bonchev–Trinajstić information content (AvgIpc) is 2.30. The molecule has 0 unspecified atom stereocenters. The number of methoxy groups -OCH3 is 1. The zero-order chi connectivity index (χ0) is 13.0. The summed E-state index contributed by atoms with van der Waals surface area (Å²) >= 11 is 5.93. The van der Waals surface area contributed by atoms with Crippen molar-refractivity contribution < 1.29 is 14.6 Å². The maximum atomic E-state index is 11.0. The first-order valence-corrected chi connectivity index (χ1v) is 5.72. The molecule has 0 saturated carbocycles. The maximum absolute atomic E-state index is 11.0. The third-order valence-corrected chi connectivity index (χ3v) is 2.85. The average molecular weight is 258 g/mol. The molecule has 0 saturated heterocycles. The molecule has 5 heteroatoms. The summed E-state index contributed by atoms with van der Waals surface area (Å²) in [6, 6.07) is 4.52. The number of benzene rings is 1. The Morgan fingerprint density at radius 3 is 2.71 bits per heavy atom. The first-order chi connectivity index (χ1) is 8.01. The van der Waals surface area contributed by atoms with Crippen molar-refractivity contribution >= 4 is 23.3 Å². The number of aliphatic carboxylic acids is 1. The SMILES string of the molecule is CCN(c1cc(Cl)ccc1OC)[C@H](C)C(=O)O. The number of carboxylic acid groups (broad SMARTS) is 1. The Bertz CT molecular complexity index is 409. The third-order valence-electron chi connectivity index (χ3n) is 2.62. The van der Waals surface area contributed by atoms with E-state index in [1.165, 1.54) is 0 Å². The van der Waals surface area contributed by atoms with Crippen molar-refractivity contribution in [2.75, 3.05) is 18.6 Å². The molecule has 1 rings (SSSR count). The summed E-state index contributed by atoms with van der Waals surface area (Å²) < 4.78 is 5.22. The minimum absolute atomic E-state index is 0.553. The molecule has 1 atom stereocenters. The van der Waals surface area contributed by atoms with Gasteiger partial charge in [-0.3, -0.25) is 0 Å². The van der Waals surface area contributed by atoms with Gasteiger partial charge in [-0.25, -0.2) is 4.79 Å². The number of ether oxygens (including phenoxy) is 1. The van der Waals surface area contributed by atoms with Crippen molar-refractivity contribution in [3.05, 3.63) is 23.2 Å². The molecule has 1 aromatic carbocycles. The lowest BCUT2D eigenvalue weighted by atomic mass is 10.2. The van der Waals surface area contributed by atoms with Gasteiger partial charge in [0, 0.05) is 11.6 Å². The molecule has 0 spiro atoms. The van der Waals surface area contributed by atoms with E-state index in [1.54, 1.807) is 37.1 Å². The Labute approximate surface area is 106 Å². The molecule has 0 aliphatic rings. The summed E-state index contributed by atoms with van der Waals surface area (Å²) in [5.74, 6) is -0.266. The van der Waals surface area contributed by atoms with Crippen LogP contribution in [0.25, 0.3) is 0 Å². The van der Waals surface area contributed by atoms with E-state index in [-0.39, 0.29) is 0 Å². The number of anilines is 1. The number of carboxylic acids is 1. The summed E-state index contributed by atoms with van der Waals surface area (Å²) in [5.41, 5.74) is 0.692. The molecule has 4 nitrogen and oxygen atoms in total. The van der Waals surface area contributed by atoms with Crippen LogP contribution in [0.5, 0.6) is 5.75 Å². The monoisotopic (exact) mass is 257 g/mol. The number of likely N-dealkylation sites (N-methyl/N-ethyl adjacent to an activating group) is 1. The second kappa shape index (κ2) is 5.77. The zero-order valence-electron chi connectivity index (χ0n) is 10.1. The fourth-order valence-electron chi connectivity index (χ4n) is 1.67. The van der Waals surface area contributed by atoms with Crippen LogP contribution < -0.4 is 9.64 Å². The number of rotatable bonds is 5. The van der Waals surface area contributed by atoms with Crippen LogP contribution in [0.3, 0.4) is 0 Å². The van der Waals surface area contributed by atoms with Crippen LogP contribution in [0.1, 0.15) is 13.8 Å². The molecule has 0 fully saturated rings. The standard InChI is InChI=1S/C12H16ClNO3/c1-4-14(8(2)12(15)16)10-7-9(13)5-6-11(10)17-3/h5-8H,4H2,1-3H3,(H,15,16)/t8-/m1/s1. The van der Waals surface area contributed by atoms with E-state index in [0.717, 1.165) is 0 Å². The highest BCUT2D eigenvalue weighted by Gasteiger charge is 2.22. The Morgan fingerprint density at radius 1 is 1.59 bits per heavy atom. The minimum Gasteiger partial charge on any atom is -0.495 e. The predicted octanol–water partition coefficient (Wildman–Crippen LogP) is 2.65. The molecule has 0 aliphatic carbocycles. The number of carbonyl (C=O) groups is 1. The molecular weight excluding hydrogens is 242 g/mol. The Hall–Kier alpha value is -1.42. The Morgan fingerprint density at radius 2 is 2.24 bits per heavy atom. The summed E-state index contributed by atoms with van der Waals surface area (Å²) in [5, 5.41) is 9.61. The van der Waals surface area contributed by atoms with Gasteiger partial charge in [0.25, 0.3) is 0 Å².